The van der Waals surface area contributed by atoms with Gasteiger partial charge in [-0.15, -0.1) is 0 Å². The van der Waals surface area contributed by atoms with Crippen molar-refractivity contribution in [2.24, 2.45) is 11.1 Å². The van der Waals surface area contributed by atoms with Crippen molar-refractivity contribution in [3.05, 3.63) is 35.9 Å². The molecular formula is C18H30N2O. The van der Waals surface area contributed by atoms with Crippen molar-refractivity contribution in [2.75, 3.05) is 20.1 Å². The van der Waals surface area contributed by atoms with E-state index in [1.807, 2.05) is 30.1 Å². The maximum absolute atomic E-state index is 13.1. The summed E-state index contributed by atoms with van der Waals surface area (Å²) in [7, 11) is 1.89. The van der Waals surface area contributed by atoms with E-state index in [4.69, 9.17) is 5.73 Å². The molecule has 0 spiro atoms. The third-order valence-corrected chi connectivity index (χ3v) is 4.51. The third kappa shape index (κ3) is 3.85. The molecule has 0 saturated carbocycles. The standard InChI is InChI=1S/C18H30N2O/c1-6-18(7-2,15-11-9-8-10-12-15)16(21)20(5)14-17(3,4)13-19/h8-12H,6-7,13-14,19H2,1-5H3. The van der Waals surface area contributed by atoms with Gasteiger partial charge in [-0.05, 0) is 30.4 Å². The molecule has 1 aromatic rings. The largest absolute Gasteiger partial charge is 0.344 e. The van der Waals surface area contributed by atoms with Gasteiger partial charge in [0.25, 0.3) is 0 Å². The molecule has 3 nitrogen and oxygen atoms in total. The van der Waals surface area contributed by atoms with E-state index in [9.17, 15) is 4.79 Å². The number of likely N-dealkylation sites (N-methyl/N-ethyl adjacent to an activating group) is 1. The lowest BCUT2D eigenvalue weighted by Gasteiger charge is -2.38. The molecule has 2 N–H and O–H groups in total. The van der Waals surface area contributed by atoms with Crippen LogP contribution < -0.4 is 5.73 Å². The smallest absolute Gasteiger partial charge is 0.232 e. The fourth-order valence-electron chi connectivity index (χ4n) is 2.99. The van der Waals surface area contributed by atoms with Crippen LogP contribution in [0.3, 0.4) is 0 Å². The van der Waals surface area contributed by atoms with Gasteiger partial charge < -0.3 is 10.6 Å². The fraction of sp³-hybridized carbons (Fsp3) is 0.611. The first-order chi connectivity index (χ1) is 9.83. The molecule has 0 unspecified atom stereocenters. The maximum Gasteiger partial charge on any atom is 0.232 e. The van der Waals surface area contributed by atoms with Crippen molar-refractivity contribution in [3.8, 4) is 0 Å². The Balaban J connectivity index is 3.09. The van der Waals surface area contributed by atoms with E-state index in [1.54, 1.807) is 0 Å². The van der Waals surface area contributed by atoms with Gasteiger partial charge in [0, 0.05) is 13.6 Å². The van der Waals surface area contributed by atoms with E-state index in [2.05, 4.69) is 39.8 Å². The molecular weight excluding hydrogens is 260 g/mol. The fourth-order valence-corrected chi connectivity index (χ4v) is 2.99. The molecule has 21 heavy (non-hydrogen) atoms. The van der Waals surface area contributed by atoms with Crippen LogP contribution in [0.1, 0.15) is 46.1 Å². The molecule has 1 rings (SSSR count). The topological polar surface area (TPSA) is 46.3 Å². The van der Waals surface area contributed by atoms with Gasteiger partial charge in [0.2, 0.25) is 5.91 Å². The number of carbonyl (C=O) groups excluding carboxylic acids is 1. The molecule has 1 aromatic carbocycles. The Morgan fingerprint density at radius 3 is 2.10 bits per heavy atom. The summed E-state index contributed by atoms with van der Waals surface area (Å²) in [6.07, 6.45) is 1.61. The number of nitrogens with zero attached hydrogens (tertiary/aromatic N) is 1. The zero-order valence-electron chi connectivity index (χ0n) is 14.1. The second-order valence-electron chi connectivity index (χ2n) is 6.68. The van der Waals surface area contributed by atoms with E-state index in [1.165, 1.54) is 0 Å². The number of nitrogens with two attached hydrogens (primary N) is 1. The SMILES string of the molecule is CCC(CC)(C(=O)N(C)CC(C)(C)CN)c1ccccc1. The Labute approximate surface area is 129 Å². The van der Waals surface area contributed by atoms with Crippen LogP contribution in [-0.2, 0) is 10.2 Å². The summed E-state index contributed by atoms with van der Waals surface area (Å²) < 4.78 is 0. The zero-order chi connectivity index (χ0) is 16.1. The zero-order valence-corrected chi connectivity index (χ0v) is 14.1. The average molecular weight is 290 g/mol. The van der Waals surface area contributed by atoms with E-state index in [-0.39, 0.29) is 11.3 Å². The van der Waals surface area contributed by atoms with Gasteiger partial charge in [0.15, 0.2) is 0 Å². The molecule has 0 saturated heterocycles. The highest BCUT2D eigenvalue weighted by Crippen LogP contribution is 2.34. The number of hydrogen-bond donors (Lipinski definition) is 1. The summed E-state index contributed by atoms with van der Waals surface area (Å²) in [6, 6.07) is 10.1. The first kappa shape index (κ1) is 17.7. The second kappa shape index (κ2) is 7.08. The highest BCUT2D eigenvalue weighted by molar-refractivity contribution is 5.88. The van der Waals surface area contributed by atoms with Gasteiger partial charge in [-0.3, -0.25) is 4.79 Å². The predicted molar refractivity (Wildman–Crippen MR) is 89.2 cm³/mol. The number of hydrogen-bond acceptors (Lipinski definition) is 2. The van der Waals surface area contributed by atoms with Crippen LogP contribution in [0.5, 0.6) is 0 Å². The number of rotatable bonds is 7. The normalized spacial score (nSPS) is 12.3. The van der Waals surface area contributed by atoms with Gasteiger partial charge in [-0.2, -0.15) is 0 Å². The molecule has 3 heteroatoms. The van der Waals surface area contributed by atoms with Crippen LogP contribution in [-0.4, -0.2) is 30.9 Å². The summed E-state index contributed by atoms with van der Waals surface area (Å²) in [5, 5.41) is 0. The monoisotopic (exact) mass is 290 g/mol. The maximum atomic E-state index is 13.1. The van der Waals surface area contributed by atoms with Crippen LogP contribution in [0.4, 0.5) is 0 Å². The van der Waals surface area contributed by atoms with Gasteiger partial charge >= 0.3 is 0 Å². The quantitative estimate of drug-likeness (QED) is 0.838. The molecule has 0 atom stereocenters. The number of benzene rings is 1. The Hall–Kier alpha value is -1.35. The summed E-state index contributed by atoms with van der Waals surface area (Å²) in [6.45, 7) is 9.63. The van der Waals surface area contributed by atoms with Crippen LogP contribution in [0.2, 0.25) is 0 Å². The predicted octanol–water partition coefficient (Wildman–Crippen LogP) is 3.19. The summed E-state index contributed by atoms with van der Waals surface area (Å²) in [5.41, 5.74) is 6.42. The number of carbonyl (C=O) groups is 1. The summed E-state index contributed by atoms with van der Waals surface area (Å²) >= 11 is 0. The minimum atomic E-state index is -0.430. The highest BCUT2D eigenvalue weighted by Gasteiger charge is 2.39. The van der Waals surface area contributed by atoms with E-state index >= 15 is 0 Å². The molecule has 0 bridgehead atoms. The van der Waals surface area contributed by atoms with Crippen molar-refractivity contribution in [2.45, 2.75) is 46.0 Å². The molecule has 0 heterocycles. The van der Waals surface area contributed by atoms with E-state index in [0.717, 1.165) is 18.4 Å². The van der Waals surface area contributed by atoms with Gasteiger partial charge in [-0.25, -0.2) is 0 Å². The Kier molecular flexibility index (Phi) is 5.97. The van der Waals surface area contributed by atoms with Gasteiger partial charge in [0.05, 0.1) is 5.41 Å². The van der Waals surface area contributed by atoms with Crippen LogP contribution in [0, 0.1) is 5.41 Å². The Bertz CT molecular complexity index is 450. The molecule has 0 aliphatic carbocycles. The Morgan fingerprint density at radius 2 is 1.67 bits per heavy atom. The first-order valence-electron chi connectivity index (χ1n) is 7.84. The molecule has 118 valence electrons. The lowest BCUT2D eigenvalue weighted by atomic mass is 9.74. The second-order valence-corrected chi connectivity index (χ2v) is 6.68. The van der Waals surface area contributed by atoms with Gasteiger partial charge in [0.1, 0.15) is 0 Å². The van der Waals surface area contributed by atoms with Gasteiger partial charge in [-0.1, -0.05) is 58.0 Å². The summed E-state index contributed by atoms with van der Waals surface area (Å²) in [4.78, 5) is 15.0. The van der Waals surface area contributed by atoms with Crippen LogP contribution >= 0.6 is 0 Å². The van der Waals surface area contributed by atoms with Crippen molar-refractivity contribution in [3.63, 3.8) is 0 Å². The molecule has 0 fully saturated rings. The molecule has 0 radical (unpaired) electrons. The number of amides is 1. The lowest BCUT2D eigenvalue weighted by molar-refractivity contribution is -0.137. The summed E-state index contributed by atoms with van der Waals surface area (Å²) in [5.74, 6) is 0.195. The Morgan fingerprint density at radius 1 is 1.14 bits per heavy atom. The minimum absolute atomic E-state index is 0.0612. The lowest BCUT2D eigenvalue weighted by Crippen LogP contribution is -2.48. The molecule has 0 aliphatic rings. The molecule has 1 amide bonds. The van der Waals surface area contributed by atoms with Crippen molar-refractivity contribution < 1.29 is 4.79 Å². The molecule has 0 aromatic heterocycles. The van der Waals surface area contributed by atoms with E-state index < -0.39 is 5.41 Å². The van der Waals surface area contributed by atoms with E-state index in [0.29, 0.717) is 13.1 Å². The minimum Gasteiger partial charge on any atom is -0.344 e. The average Bonchev–Trinajstić information content (AvgIpc) is 2.49. The highest BCUT2D eigenvalue weighted by atomic mass is 16.2. The van der Waals surface area contributed by atoms with Crippen molar-refractivity contribution in [1.82, 2.24) is 4.90 Å². The van der Waals surface area contributed by atoms with Crippen molar-refractivity contribution >= 4 is 5.91 Å². The third-order valence-electron chi connectivity index (χ3n) is 4.51. The van der Waals surface area contributed by atoms with Crippen LogP contribution in [0.15, 0.2) is 30.3 Å². The molecule has 0 aliphatic heterocycles. The first-order valence-corrected chi connectivity index (χ1v) is 7.84. The van der Waals surface area contributed by atoms with Crippen molar-refractivity contribution in [1.29, 1.82) is 0 Å². The van der Waals surface area contributed by atoms with Crippen LogP contribution in [0.25, 0.3) is 0 Å².